The molecular weight excluding hydrogens is 524 g/mol. The molecule has 3 aromatic heterocycles. The van der Waals surface area contributed by atoms with Gasteiger partial charge < -0.3 is 5.32 Å². The third-order valence-electron chi connectivity index (χ3n) is 6.85. The SMILES string of the molecule is CCCCc1nc(C)n(Cc2ncsc2C(=O)NC)c(=O)c1Cc1ccc(-c2ccccc2-c2nn[nH]n2)cc1. The molecule has 0 aliphatic heterocycles. The van der Waals surface area contributed by atoms with Crippen LogP contribution in [0.1, 0.15) is 57.8 Å². The normalized spacial score (nSPS) is 11.1. The number of nitrogens with one attached hydrogen (secondary N) is 2. The highest BCUT2D eigenvalue weighted by molar-refractivity contribution is 7.11. The predicted molar refractivity (Wildman–Crippen MR) is 154 cm³/mol. The Kier molecular flexibility index (Phi) is 8.20. The summed E-state index contributed by atoms with van der Waals surface area (Å²) < 4.78 is 1.63. The van der Waals surface area contributed by atoms with E-state index in [2.05, 4.69) is 37.8 Å². The fourth-order valence-electron chi connectivity index (χ4n) is 4.71. The first-order valence-electron chi connectivity index (χ1n) is 13.2. The van der Waals surface area contributed by atoms with Gasteiger partial charge in [-0.2, -0.15) is 5.21 Å². The maximum atomic E-state index is 13.9. The standard InChI is InChI=1S/C29H30N8O2S/c1-4-5-10-24-23(29(39)37(18(2)32-24)16-25-26(28(38)30-3)40-17-31-25)15-19-11-13-20(14-12-19)21-8-6-7-9-22(21)27-33-35-36-34-27/h6-9,11-14,17H,4-5,10,15-16H2,1-3H3,(H,30,38)(H,33,34,35,36). The van der Waals surface area contributed by atoms with Crippen LogP contribution in [0.5, 0.6) is 0 Å². The lowest BCUT2D eigenvalue weighted by molar-refractivity contribution is 0.0966. The molecule has 0 atom stereocenters. The van der Waals surface area contributed by atoms with Crippen LogP contribution >= 0.6 is 11.3 Å². The van der Waals surface area contributed by atoms with E-state index in [0.717, 1.165) is 47.2 Å². The molecule has 0 fully saturated rings. The average Bonchev–Trinajstić information content (AvgIpc) is 3.69. The van der Waals surface area contributed by atoms with Crippen molar-refractivity contribution >= 4 is 17.2 Å². The molecule has 204 valence electrons. The van der Waals surface area contributed by atoms with E-state index in [1.54, 1.807) is 17.1 Å². The summed E-state index contributed by atoms with van der Waals surface area (Å²) in [6.07, 6.45) is 3.14. The minimum atomic E-state index is -0.211. The fourth-order valence-corrected chi connectivity index (χ4v) is 5.46. The predicted octanol–water partition coefficient (Wildman–Crippen LogP) is 4.20. The van der Waals surface area contributed by atoms with Crippen molar-refractivity contribution in [3.8, 4) is 22.5 Å². The number of nitrogens with zero attached hydrogens (tertiary/aromatic N) is 6. The maximum Gasteiger partial charge on any atom is 0.263 e. The Hall–Kier alpha value is -4.51. The smallest absolute Gasteiger partial charge is 0.263 e. The molecule has 0 saturated carbocycles. The molecule has 0 radical (unpaired) electrons. The first-order chi connectivity index (χ1) is 19.5. The van der Waals surface area contributed by atoms with Crippen molar-refractivity contribution in [3.05, 3.63) is 97.6 Å². The lowest BCUT2D eigenvalue weighted by Crippen LogP contribution is -2.30. The van der Waals surface area contributed by atoms with Crippen molar-refractivity contribution in [2.24, 2.45) is 0 Å². The molecule has 0 unspecified atom stereocenters. The van der Waals surface area contributed by atoms with Crippen LogP contribution in [0.3, 0.4) is 0 Å². The lowest BCUT2D eigenvalue weighted by Gasteiger charge is -2.16. The zero-order chi connectivity index (χ0) is 28.1. The Bertz CT molecular complexity index is 1670. The van der Waals surface area contributed by atoms with Crippen LogP contribution in [-0.4, -0.2) is 48.1 Å². The summed E-state index contributed by atoms with van der Waals surface area (Å²) in [7, 11) is 1.58. The number of benzene rings is 2. The molecule has 0 aliphatic rings. The number of tetrazole rings is 1. The zero-order valence-corrected chi connectivity index (χ0v) is 23.5. The summed E-state index contributed by atoms with van der Waals surface area (Å²) in [6.45, 7) is 4.15. The van der Waals surface area contributed by atoms with Gasteiger partial charge in [0.25, 0.3) is 11.5 Å². The number of rotatable bonds is 10. The first kappa shape index (κ1) is 27.1. The van der Waals surface area contributed by atoms with Gasteiger partial charge in [-0.25, -0.2) is 9.97 Å². The number of aromatic amines is 1. The quantitative estimate of drug-likeness (QED) is 0.265. The van der Waals surface area contributed by atoms with Crippen molar-refractivity contribution < 1.29 is 4.79 Å². The largest absolute Gasteiger partial charge is 0.354 e. The van der Waals surface area contributed by atoms with Gasteiger partial charge in [0.05, 0.1) is 23.4 Å². The van der Waals surface area contributed by atoms with Crippen molar-refractivity contribution in [2.45, 2.75) is 46.1 Å². The summed E-state index contributed by atoms with van der Waals surface area (Å²) in [5.41, 5.74) is 7.50. The molecule has 1 amide bonds. The van der Waals surface area contributed by atoms with Gasteiger partial charge in [-0.1, -0.05) is 61.9 Å². The Labute approximate surface area is 235 Å². The Balaban J connectivity index is 1.48. The lowest BCUT2D eigenvalue weighted by atomic mass is 9.96. The van der Waals surface area contributed by atoms with Gasteiger partial charge in [0, 0.05) is 24.6 Å². The highest BCUT2D eigenvalue weighted by atomic mass is 32.1. The van der Waals surface area contributed by atoms with E-state index in [1.807, 2.05) is 55.5 Å². The van der Waals surface area contributed by atoms with Crippen molar-refractivity contribution in [2.75, 3.05) is 7.05 Å². The molecule has 10 nitrogen and oxygen atoms in total. The van der Waals surface area contributed by atoms with E-state index in [4.69, 9.17) is 4.98 Å². The second-order valence-corrected chi connectivity index (χ2v) is 10.3. The fraction of sp³-hybridized carbons (Fsp3) is 0.276. The number of hydrogen-bond acceptors (Lipinski definition) is 8. The van der Waals surface area contributed by atoms with E-state index in [9.17, 15) is 9.59 Å². The summed E-state index contributed by atoms with van der Waals surface area (Å²) >= 11 is 1.26. The summed E-state index contributed by atoms with van der Waals surface area (Å²) in [5.74, 6) is 0.937. The number of hydrogen-bond donors (Lipinski definition) is 2. The van der Waals surface area contributed by atoms with Gasteiger partial charge in [0.15, 0.2) is 0 Å². The molecule has 0 bridgehead atoms. The van der Waals surface area contributed by atoms with E-state index >= 15 is 0 Å². The molecule has 0 spiro atoms. The molecule has 5 aromatic rings. The molecule has 0 saturated heterocycles. The van der Waals surface area contributed by atoms with Crippen LogP contribution in [-0.2, 0) is 19.4 Å². The zero-order valence-electron chi connectivity index (χ0n) is 22.6. The molecule has 3 heterocycles. The minimum Gasteiger partial charge on any atom is -0.354 e. The van der Waals surface area contributed by atoms with E-state index in [0.29, 0.717) is 34.2 Å². The van der Waals surface area contributed by atoms with Crippen LogP contribution in [0.4, 0.5) is 0 Å². The van der Waals surface area contributed by atoms with Crippen LogP contribution in [0.15, 0.2) is 58.8 Å². The third kappa shape index (κ3) is 5.59. The van der Waals surface area contributed by atoms with Crippen LogP contribution < -0.4 is 10.9 Å². The number of carbonyl (C=O) groups is 1. The Morgan fingerprint density at radius 3 is 2.55 bits per heavy atom. The minimum absolute atomic E-state index is 0.0963. The number of amides is 1. The number of unbranched alkanes of at least 4 members (excludes halogenated alkanes) is 1. The van der Waals surface area contributed by atoms with E-state index in [-0.39, 0.29) is 18.0 Å². The first-order valence-corrected chi connectivity index (χ1v) is 14.0. The van der Waals surface area contributed by atoms with Crippen LogP contribution in [0.25, 0.3) is 22.5 Å². The topological polar surface area (TPSA) is 131 Å². The molecule has 2 N–H and O–H groups in total. The van der Waals surface area contributed by atoms with E-state index < -0.39 is 0 Å². The Morgan fingerprint density at radius 1 is 1.07 bits per heavy atom. The van der Waals surface area contributed by atoms with Crippen LogP contribution in [0, 0.1) is 6.92 Å². The highest BCUT2D eigenvalue weighted by Gasteiger charge is 2.19. The average molecular weight is 555 g/mol. The number of H-pyrrole nitrogens is 1. The monoisotopic (exact) mass is 554 g/mol. The van der Waals surface area contributed by atoms with Crippen molar-refractivity contribution in [3.63, 3.8) is 0 Å². The molecule has 40 heavy (non-hydrogen) atoms. The summed E-state index contributed by atoms with van der Waals surface area (Å²) in [5, 5.41) is 17.1. The number of carbonyl (C=O) groups excluding carboxylic acids is 1. The van der Waals surface area contributed by atoms with Gasteiger partial charge in [-0.05, 0) is 41.7 Å². The Morgan fingerprint density at radius 2 is 1.85 bits per heavy atom. The van der Waals surface area contributed by atoms with Crippen LogP contribution in [0.2, 0.25) is 0 Å². The molecule has 0 aliphatic carbocycles. The van der Waals surface area contributed by atoms with Gasteiger partial charge >= 0.3 is 0 Å². The molecule has 11 heteroatoms. The van der Waals surface area contributed by atoms with Gasteiger partial charge in [-0.15, -0.1) is 21.5 Å². The molecule has 2 aromatic carbocycles. The summed E-state index contributed by atoms with van der Waals surface area (Å²) in [6, 6.07) is 16.1. The summed E-state index contributed by atoms with van der Waals surface area (Å²) in [4.78, 5) is 35.9. The molecule has 5 rings (SSSR count). The van der Waals surface area contributed by atoms with Crippen molar-refractivity contribution in [1.82, 2.24) is 40.5 Å². The second-order valence-electron chi connectivity index (χ2n) is 9.44. The number of aromatic nitrogens is 7. The number of thiazole rings is 1. The van der Waals surface area contributed by atoms with Gasteiger partial charge in [-0.3, -0.25) is 14.2 Å². The third-order valence-corrected chi connectivity index (χ3v) is 7.72. The van der Waals surface area contributed by atoms with E-state index in [1.165, 1.54) is 11.3 Å². The second kappa shape index (κ2) is 12.1. The number of aryl methyl sites for hydroxylation is 2. The highest BCUT2D eigenvalue weighted by Crippen LogP contribution is 2.30. The van der Waals surface area contributed by atoms with Gasteiger partial charge in [0.2, 0.25) is 5.82 Å². The molecular formula is C29H30N8O2S. The maximum absolute atomic E-state index is 13.9. The van der Waals surface area contributed by atoms with Gasteiger partial charge in [0.1, 0.15) is 10.7 Å². The van der Waals surface area contributed by atoms with Crippen molar-refractivity contribution in [1.29, 1.82) is 0 Å².